The van der Waals surface area contributed by atoms with Gasteiger partial charge in [0, 0.05) is 36.1 Å². The summed E-state index contributed by atoms with van der Waals surface area (Å²) in [7, 11) is 0. The van der Waals surface area contributed by atoms with Crippen LogP contribution < -0.4 is 15.4 Å². The van der Waals surface area contributed by atoms with Gasteiger partial charge in [0.25, 0.3) is 0 Å². The molecule has 0 bridgehead atoms. The van der Waals surface area contributed by atoms with Crippen molar-refractivity contribution in [2.75, 3.05) is 0 Å². The molecule has 0 amide bonds. The van der Waals surface area contributed by atoms with Gasteiger partial charge in [-0.25, -0.2) is 0 Å². The predicted molar refractivity (Wildman–Crippen MR) is 121 cm³/mol. The second-order valence-corrected chi connectivity index (χ2v) is 9.82. The van der Waals surface area contributed by atoms with Crippen molar-refractivity contribution in [1.29, 1.82) is 0 Å². The van der Waals surface area contributed by atoms with E-state index in [1.54, 1.807) is 0 Å². The fourth-order valence-electron chi connectivity index (χ4n) is 5.18. The highest BCUT2D eigenvalue weighted by molar-refractivity contribution is 6.80. The zero-order valence-electron chi connectivity index (χ0n) is 22.0. The highest BCUT2D eigenvalue weighted by atomic mass is 19.4. The Labute approximate surface area is 240 Å². The Morgan fingerprint density at radius 3 is 0.867 bits per heavy atom. The van der Waals surface area contributed by atoms with E-state index in [0.717, 1.165) is 32.0 Å². The van der Waals surface area contributed by atoms with E-state index in [0.29, 0.717) is 0 Å². The zero-order valence-corrected chi connectivity index (χ0v) is 22.0. The van der Waals surface area contributed by atoms with E-state index in [1.165, 1.54) is 0 Å². The molecule has 1 nitrogen and oxygen atoms in total. The normalized spacial score (nSPS) is 14.0. The van der Waals surface area contributed by atoms with E-state index in [1.807, 2.05) is 0 Å². The average Bonchev–Trinajstić information content (AvgIpc) is 2.81. The smallest absolute Gasteiger partial charge is 0.416 e. The van der Waals surface area contributed by atoms with Crippen LogP contribution in [-0.2, 0) is 37.1 Å². The maximum Gasteiger partial charge on any atom is 0.416 e. The molecule has 0 aliphatic carbocycles. The fourth-order valence-corrected chi connectivity index (χ4v) is 5.18. The minimum absolute atomic E-state index is 0.181. The SMILES string of the molecule is Cc1cccc(C)[n+]1[BH-](c1c(C(F)(F)F)cc(C(F)(F)F)cc1C(F)(F)F)c1c(C(F)(F)F)cc(C(F)(F)F)cc1C(F)(F)F. The topological polar surface area (TPSA) is 3.88 Å². The van der Waals surface area contributed by atoms with Gasteiger partial charge in [-0.05, 0) is 36.4 Å². The lowest BCUT2D eigenvalue weighted by atomic mass is 9.45. The highest BCUT2D eigenvalue weighted by Gasteiger charge is 2.51. The van der Waals surface area contributed by atoms with Gasteiger partial charge in [0.15, 0.2) is 0 Å². The van der Waals surface area contributed by atoms with Crippen molar-refractivity contribution in [3.05, 3.63) is 87.2 Å². The molecule has 0 N–H and O–H groups in total. The number of rotatable bonds is 3. The van der Waals surface area contributed by atoms with Crippen LogP contribution in [0.15, 0.2) is 42.5 Å². The third-order valence-corrected chi connectivity index (χ3v) is 6.89. The molecule has 0 unspecified atom stereocenters. The molecule has 2 aromatic carbocycles. The van der Waals surface area contributed by atoms with Crippen molar-refractivity contribution in [3.8, 4) is 0 Å². The number of benzene rings is 2. The molecule has 3 aromatic rings. The first-order chi connectivity index (χ1) is 20.0. The molecule has 0 spiro atoms. The Morgan fingerprint density at radius 1 is 0.422 bits per heavy atom. The molecule has 0 aliphatic heterocycles. The van der Waals surface area contributed by atoms with Crippen molar-refractivity contribution in [3.63, 3.8) is 0 Å². The van der Waals surface area contributed by atoms with Gasteiger partial charge in [-0.15, -0.1) is 10.9 Å². The Bertz CT molecular complexity index is 1400. The first-order valence-corrected chi connectivity index (χ1v) is 11.9. The summed E-state index contributed by atoms with van der Waals surface area (Å²) in [4.78, 5) is 0. The molecular weight excluding hydrogens is 667 g/mol. The van der Waals surface area contributed by atoms with E-state index < -0.39 is 124 Å². The maximum atomic E-state index is 14.3. The maximum absolute atomic E-state index is 14.3. The van der Waals surface area contributed by atoms with Gasteiger partial charge in [-0.1, -0.05) is 6.07 Å². The Hall–Kier alpha value is -3.61. The standard InChI is InChI=1S/C25H14BF18N/c1-10-4-3-5-11(2)45(10)26(18-14(22(33,34)35)6-12(20(27,28)29)7-15(18)23(36,37)38)19-16(24(39,40)41)8-13(21(30,31)32)9-17(19)25(42,43)44/h3-9,26H,1-2H3. The quantitative estimate of drug-likeness (QED) is 0.195. The lowest BCUT2D eigenvalue weighted by Gasteiger charge is -2.34. The van der Waals surface area contributed by atoms with Crippen LogP contribution >= 0.6 is 0 Å². The summed E-state index contributed by atoms with van der Waals surface area (Å²) in [6.45, 7) is -3.24. The molecule has 0 fully saturated rings. The summed E-state index contributed by atoms with van der Waals surface area (Å²) in [6.07, 6.45) is -37.0. The number of hydrogen-bond donors (Lipinski definition) is 0. The van der Waals surface area contributed by atoms with Crippen molar-refractivity contribution < 1.29 is 83.5 Å². The van der Waals surface area contributed by atoms with Crippen LogP contribution in [0.3, 0.4) is 0 Å². The summed E-state index contributed by atoms with van der Waals surface area (Å²) in [5.41, 5.74) is -22.9. The summed E-state index contributed by atoms with van der Waals surface area (Å²) in [5, 5.41) is 0. The van der Waals surface area contributed by atoms with Gasteiger partial charge in [0.1, 0.15) is 11.4 Å². The number of hydrogen-bond acceptors (Lipinski definition) is 0. The third kappa shape index (κ3) is 7.29. The number of alkyl halides is 18. The van der Waals surface area contributed by atoms with E-state index in [4.69, 9.17) is 0 Å². The number of aromatic nitrogens is 1. The Kier molecular flexibility index (Phi) is 8.79. The van der Waals surface area contributed by atoms with Crippen LogP contribution in [0.5, 0.6) is 0 Å². The molecule has 45 heavy (non-hydrogen) atoms. The van der Waals surface area contributed by atoms with Gasteiger partial charge < -0.3 is 4.48 Å². The monoisotopic (exact) mass is 681 g/mol. The van der Waals surface area contributed by atoms with Crippen molar-refractivity contribution >= 4 is 17.8 Å². The van der Waals surface area contributed by atoms with E-state index in [-0.39, 0.29) is 4.48 Å². The Morgan fingerprint density at radius 2 is 0.667 bits per heavy atom. The van der Waals surface area contributed by atoms with Crippen LogP contribution in [0.2, 0.25) is 0 Å². The minimum Gasteiger partial charge on any atom is -0.416 e. The zero-order chi connectivity index (χ0) is 34.9. The first-order valence-electron chi connectivity index (χ1n) is 11.9. The van der Waals surface area contributed by atoms with E-state index in [9.17, 15) is 79.0 Å². The number of nitrogens with zero attached hydrogens (tertiary/aromatic N) is 1. The van der Waals surface area contributed by atoms with Crippen LogP contribution in [0.4, 0.5) is 79.0 Å². The fraction of sp³-hybridized carbons (Fsp3) is 0.320. The van der Waals surface area contributed by atoms with Gasteiger partial charge in [0.05, 0.1) is 11.1 Å². The molecule has 0 saturated heterocycles. The third-order valence-electron chi connectivity index (χ3n) is 6.89. The molecule has 1 heterocycles. The van der Waals surface area contributed by atoms with Gasteiger partial charge in [-0.3, -0.25) is 0 Å². The van der Waals surface area contributed by atoms with E-state index in [2.05, 4.69) is 0 Å². The molecule has 0 atom stereocenters. The van der Waals surface area contributed by atoms with Crippen molar-refractivity contribution in [2.24, 2.45) is 0 Å². The molecular formula is C25H14BF18N. The van der Waals surface area contributed by atoms with Crippen LogP contribution in [0.1, 0.15) is 44.8 Å². The second kappa shape index (κ2) is 11.0. The minimum atomic E-state index is -6.28. The van der Waals surface area contributed by atoms with Crippen LogP contribution in [0, 0.1) is 13.8 Å². The molecule has 0 aliphatic rings. The summed E-state index contributed by atoms with van der Waals surface area (Å²) in [5.74, 6) is 0. The lowest BCUT2D eigenvalue weighted by molar-refractivity contribution is -0.548. The molecule has 1 aromatic heterocycles. The van der Waals surface area contributed by atoms with Gasteiger partial charge in [-0.2, -0.15) is 79.0 Å². The predicted octanol–water partition coefficient (Wildman–Crippen LogP) is 8.09. The van der Waals surface area contributed by atoms with Gasteiger partial charge >= 0.3 is 43.9 Å². The molecule has 0 radical (unpaired) electrons. The second-order valence-electron chi connectivity index (χ2n) is 9.82. The average molecular weight is 681 g/mol. The van der Waals surface area contributed by atoms with Crippen LogP contribution in [0.25, 0.3) is 0 Å². The molecule has 248 valence electrons. The Balaban J connectivity index is 2.87. The van der Waals surface area contributed by atoms with E-state index >= 15 is 0 Å². The largest absolute Gasteiger partial charge is 0.416 e. The number of halogens is 18. The molecule has 20 heteroatoms. The van der Waals surface area contributed by atoms with Crippen molar-refractivity contribution in [1.82, 2.24) is 0 Å². The first kappa shape index (κ1) is 35.9. The summed E-state index contributed by atoms with van der Waals surface area (Å²) < 4.78 is 253. The number of pyridine rings is 1. The summed E-state index contributed by atoms with van der Waals surface area (Å²) >= 11 is 0. The molecule has 3 rings (SSSR count). The molecule has 0 saturated carbocycles. The highest BCUT2D eigenvalue weighted by Crippen LogP contribution is 2.42. The summed E-state index contributed by atoms with van der Waals surface area (Å²) in [6, 6.07) is -0.939. The van der Waals surface area contributed by atoms with Gasteiger partial charge in [0.2, 0.25) is 0 Å². The number of aryl methyl sites for hydroxylation is 2. The lowest BCUT2D eigenvalue weighted by Crippen LogP contribution is -2.72. The van der Waals surface area contributed by atoms with Crippen LogP contribution in [-0.4, -0.2) is 6.85 Å². The van der Waals surface area contributed by atoms with Crippen molar-refractivity contribution in [2.45, 2.75) is 50.9 Å².